The molecule has 1 heterocycles. The van der Waals surface area contributed by atoms with Gasteiger partial charge in [-0.1, -0.05) is 11.6 Å². The summed E-state index contributed by atoms with van der Waals surface area (Å²) in [5.41, 5.74) is 1.31. The van der Waals surface area contributed by atoms with Crippen molar-refractivity contribution in [2.75, 3.05) is 0 Å². The van der Waals surface area contributed by atoms with Crippen molar-refractivity contribution in [3.8, 4) is 17.4 Å². The molecule has 0 N–H and O–H groups in total. The van der Waals surface area contributed by atoms with Crippen LogP contribution in [0.3, 0.4) is 0 Å². The number of nitrogens with zero attached hydrogens (tertiary/aromatic N) is 2. The van der Waals surface area contributed by atoms with Crippen LogP contribution in [-0.2, 0) is 14.4 Å². The van der Waals surface area contributed by atoms with Crippen LogP contribution in [-0.4, -0.2) is 33.4 Å². The van der Waals surface area contributed by atoms with Crippen LogP contribution in [0.15, 0.2) is 48.7 Å². The van der Waals surface area contributed by atoms with Gasteiger partial charge in [0.15, 0.2) is 11.9 Å². The van der Waals surface area contributed by atoms with Gasteiger partial charge in [0, 0.05) is 5.02 Å². The molecule has 0 bridgehead atoms. The fourth-order valence-electron chi connectivity index (χ4n) is 2.91. The number of carbonyl (C=O) groups excluding carboxylic acids is 3. The SMILES string of the molecule is CC(=O)C(C(C)=O)C(=O)C(C)Oc1ccc(Oc2cnc3cc(Cl)ccc3n2)cc1. The minimum absolute atomic E-state index is 0.313. The van der Waals surface area contributed by atoms with E-state index in [2.05, 4.69) is 9.97 Å². The van der Waals surface area contributed by atoms with Gasteiger partial charge in [-0.3, -0.25) is 14.4 Å². The van der Waals surface area contributed by atoms with Crippen LogP contribution >= 0.6 is 11.6 Å². The topological polar surface area (TPSA) is 95.5 Å². The number of halogens is 1. The number of ketones is 3. The zero-order chi connectivity index (χ0) is 21.8. The summed E-state index contributed by atoms with van der Waals surface area (Å²) >= 11 is 5.94. The lowest BCUT2D eigenvalue weighted by Gasteiger charge is -2.17. The van der Waals surface area contributed by atoms with E-state index in [1.165, 1.54) is 27.0 Å². The van der Waals surface area contributed by atoms with Crippen molar-refractivity contribution < 1.29 is 23.9 Å². The Morgan fingerprint density at radius 2 is 1.57 bits per heavy atom. The van der Waals surface area contributed by atoms with Gasteiger partial charge in [-0.2, -0.15) is 0 Å². The third-order valence-corrected chi connectivity index (χ3v) is 4.57. The lowest BCUT2D eigenvalue weighted by Crippen LogP contribution is -2.37. The summed E-state index contributed by atoms with van der Waals surface area (Å²) in [5.74, 6) is -1.66. The number of aromatic nitrogens is 2. The van der Waals surface area contributed by atoms with E-state index in [1.54, 1.807) is 42.5 Å². The summed E-state index contributed by atoms with van der Waals surface area (Å²) in [6.07, 6.45) is 0.542. The molecule has 0 aliphatic rings. The van der Waals surface area contributed by atoms with Gasteiger partial charge in [-0.05, 0) is 63.2 Å². The van der Waals surface area contributed by atoms with Crippen LogP contribution in [0.25, 0.3) is 11.0 Å². The lowest BCUT2D eigenvalue weighted by atomic mass is 9.93. The van der Waals surface area contributed by atoms with E-state index in [9.17, 15) is 14.4 Å². The van der Waals surface area contributed by atoms with E-state index in [-0.39, 0.29) is 0 Å². The monoisotopic (exact) mass is 426 g/mol. The fourth-order valence-corrected chi connectivity index (χ4v) is 3.07. The molecule has 154 valence electrons. The molecule has 0 saturated heterocycles. The molecule has 3 aromatic rings. The number of Topliss-reactive ketones (excluding diaryl/α,β-unsaturated/α-hetero) is 3. The molecule has 7 nitrogen and oxygen atoms in total. The van der Waals surface area contributed by atoms with E-state index in [0.29, 0.717) is 33.4 Å². The molecule has 0 aliphatic heterocycles. The van der Waals surface area contributed by atoms with Crippen LogP contribution in [0.2, 0.25) is 5.02 Å². The summed E-state index contributed by atoms with van der Waals surface area (Å²) in [4.78, 5) is 44.1. The molecule has 30 heavy (non-hydrogen) atoms. The zero-order valence-corrected chi connectivity index (χ0v) is 17.3. The normalized spacial score (nSPS) is 11.9. The van der Waals surface area contributed by atoms with Gasteiger partial charge < -0.3 is 9.47 Å². The molecule has 1 unspecified atom stereocenters. The first kappa shape index (κ1) is 21.4. The molecule has 2 aromatic carbocycles. The maximum absolute atomic E-state index is 12.4. The van der Waals surface area contributed by atoms with Crippen molar-refractivity contribution in [3.63, 3.8) is 0 Å². The van der Waals surface area contributed by atoms with E-state index < -0.39 is 29.4 Å². The van der Waals surface area contributed by atoms with E-state index in [1.807, 2.05) is 0 Å². The quantitative estimate of drug-likeness (QED) is 0.498. The second-order valence-electron chi connectivity index (χ2n) is 6.73. The molecular weight excluding hydrogens is 408 g/mol. The number of benzene rings is 2. The average molecular weight is 427 g/mol. The predicted octanol–water partition coefficient (Wildman–Crippen LogP) is 4.21. The molecule has 0 amide bonds. The van der Waals surface area contributed by atoms with Gasteiger partial charge >= 0.3 is 0 Å². The van der Waals surface area contributed by atoms with Gasteiger partial charge in [0.05, 0.1) is 17.2 Å². The molecule has 8 heteroatoms. The Kier molecular flexibility index (Phi) is 6.42. The second-order valence-corrected chi connectivity index (χ2v) is 7.17. The number of hydrogen-bond donors (Lipinski definition) is 0. The Morgan fingerprint density at radius 3 is 2.20 bits per heavy atom. The van der Waals surface area contributed by atoms with Crippen molar-refractivity contribution >= 4 is 40.0 Å². The smallest absolute Gasteiger partial charge is 0.238 e. The summed E-state index contributed by atoms with van der Waals surface area (Å²) in [6.45, 7) is 3.93. The van der Waals surface area contributed by atoms with Crippen LogP contribution in [0.1, 0.15) is 20.8 Å². The number of rotatable bonds is 8. The lowest BCUT2D eigenvalue weighted by molar-refractivity contribution is -0.141. The summed E-state index contributed by atoms with van der Waals surface area (Å²) < 4.78 is 11.3. The molecule has 3 rings (SSSR count). The Labute approximate surface area is 178 Å². The highest BCUT2D eigenvalue weighted by molar-refractivity contribution is 6.31. The molecule has 0 spiro atoms. The largest absolute Gasteiger partial charge is 0.483 e. The van der Waals surface area contributed by atoms with Crippen LogP contribution in [0.4, 0.5) is 0 Å². The van der Waals surface area contributed by atoms with Crippen molar-refractivity contribution in [1.82, 2.24) is 9.97 Å². The molecule has 0 fully saturated rings. The highest BCUT2D eigenvalue weighted by atomic mass is 35.5. The molecule has 0 aliphatic carbocycles. The highest BCUT2D eigenvalue weighted by Crippen LogP contribution is 2.25. The van der Waals surface area contributed by atoms with E-state index in [0.717, 1.165) is 0 Å². The van der Waals surface area contributed by atoms with Gasteiger partial charge in [0.2, 0.25) is 5.88 Å². The van der Waals surface area contributed by atoms with E-state index in [4.69, 9.17) is 21.1 Å². The Balaban J connectivity index is 1.67. The molecule has 1 aromatic heterocycles. The van der Waals surface area contributed by atoms with Crippen molar-refractivity contribution in [2.24, 2.45) is 5.92 Å². The molecule has 1 atom stereocenters. The minimum Gasteiger partial charge on any atom is -0.483 e. The fraction of sp³-hybridized carbons (Fsp3) is 0.227. The average Bonchev–Trinajstić information content (AvgIpc) is 2.69. The van der Waals surface area contributed by atoms with Crippen molar-refractivity contribution in [3.05, 3.63) is 53.7 Å². The minimum atomic E-state index is -1.30. The summed E-state index contributed by atoms with van der Waals surface area (Å²) in [6, 6.07) is 11.7. The molecule has 0 radical (unpaired) electrons. The van der Waals surface area contributed by atoms with Crippen LogP contribution < -0.4 is 9.47 Å². The van der Waals surface area contributed by atoms with Crippen LogP contribution in [0, 0.1) is 5.92 Å². The Morgan fingerprint density at radius 1 is 0.933 bits per heavy atom. The standard InChI is InChI=1S/C22H19ClN2O5/c1-12(26)21(13(2)27)22(28)14(3)29-16-5-7-17(8-6-16)30-20-11-24-19-10-15(23)4-9-18(19)25-20/h4-11,14,21H,1-3H3. The Hall–Kier alpha value is -3.32. The van der Waals surface area contributed by atoms with E-state index >= 15 is 0 Å². The third kappa shape index (κ3) is 4.99. The number of hydrogen-bond acceptors (Lipinski definition) is 7. The third-order valence-electron chi connectivity index (χ3n) is 4.34. The number of ether oxygens (including phenoxy) is 2. The maximum atomic E-state index is 12.4. The highest BCUT2D eigenvalue weighted by Gasteiger charge is 2.32. The maximum Gasteiger partial charge on any atom is 0.238 e. The Bertz CT molecular complexity index is 1100. The summed E-state index contributed by atoms with van der Waals surface area (Å²) in [5, 5.41) is 0.576. The van der Waals surface area contributed by atoms with Gasteiger partial charge in [0.1, 0.15) is 29.0 Å². The van der Waals surface area contributed by atoms with Gasteiger partial charge in [0.25, 0.3) is 0 Å². The number of fused-ring (bicyclic) bond motifs is 1. The van der Waals surface area contributed by atoms with Crippen molar-refractivity contribution in [1.29, 1.82) is 0 Å². The zero-order valence-electron chi connectivity index (χ0n) is 16.6. The number of carbonyl (C=O) groups is 3. The first-order chi connectivity index (χ1) is 14.2. The molecular formula is C22H19ClN2O5. The first-order valence-electron chi connectivity index (χ1n) is 9.16. The molecule has 0 saturated carbocycles. The first-order valence-corrected chi connectivity index (χ1v) is 9.54. The van der Waals surface area contributed by atoms with Gasteiger partial charge in [-0.25, -0.2) is 9.97 Å². The predicted molar refractivity (Wildman–Crippen MR) is 111 cm³/mol. The van der Waals surface area contributed by atoms with Gasteiger partial charge in [-0.15, -0.1) is 0 Å². The second kappa shape index (κ2) is 9.00. The summed E-state index contributed by atoms with van der Waals surface area (Å²) in [7, 11) is 0. The van der Waals surface area contributed by atoms with Crippen molar-refractivity contribution in [2.45, 2.75) is 26.9 Å². The van der Waals surface area contributed by atoms with Crippen LogP contribution in [0.5, 0.6) is 17.4 Å².